The number of rotatable bonds is 6. The molecule has 0 aromatic heterocycles. The number of amides is 1. The quantitative estimate of drug-likeness (QED) is 0.584. The Morgan fingerprint density at radius 2 is 1.88 bits per heavy atom. The van der Waals surface area contributed by atoms with Crippen molar-refractivity contribution in [1.29, 1.82) is 0 Å². The van der Waals surface area contributed by atoms with Crippen LogP contribution in [0.5, 0.6) is 5.75 Å². The number of para-hydroxylation sites is 1. The molecule has 0 saturated carbocycles. The standard InChI is InChI=1S/C18H16Cl2FNO4/c1-10(11-5-3-4-6-16(11)25-2)22-17(23)9-26-18(24)12-7-15(21)14(20)8-13(12)19/h3-8,10H,9H2,1-2H3,(H,22,23). The molecule has 1 unspecified atom stereocenters. The lowest BCUT2D eigenvalue weighted by atomic mass is 10.1. The zero-order chi connectivity index (χ0) is 19.3. The van der Waals surface area contributed by atoms with Gasteiger partial charge in [0.25, 0.3) is 5.91 Å². The van der Waals surface area contributed by atoms with Gasteiger partial charge in [0.05, 0.1) is 28.8 Å². The molecule has 2 aromatic rings. The van der Waals surface area contributed by atoms with Crippen LogP contribution in [0.25, 0.3) is 0 Å². The predicted octanol–water partition coefficient (Wildman–Crippen LogP) is 4.18. The Morgan fingerprint density at radius 1 is 1.19 bits per heavy atom. The molecule has 26 heavy (non-hydrogen) atoms. The van der Waals surface area contributed by atoms with Crippen LogP contribution in [0.2, 0.25) is 10.0 Å². The molecule has 1 amide bonds. The van der Waals surface area contributed by atoms with Gasteiger partial charge in [-0.05, 0) is 25.1 Å². The normalized spacial score (nSPS) is 11.6. The Hall–Kier alpha value is -2.31. The van der Waals surface area contributed by atoms with Crippen LogP contribution in [-0.2, 0) is 9.53 Å². The van der Waals surface area contributed by atoms with E-state index in [0.29, 0.717) is 5.75 Å². The predicted molar refractivity (Wildman–Crippen MR) is 96.3 cm³/mol. The van der Waals surface area contributed by atoms with Crippen molar-refractivity contribution in [2.75, 3.05) is 13.7 Å². The molecular formula is C18H16Cl2FNO4. The van der Waals surface area contributed by atoms with Gasteiger partial charge in [-0.25, -0.2) is 9.18 Å². The van der Waals surface area contributed by atoms with E-state index in [-0.39, 0.29) is 21.7 Å². The number of carbonyl (C=O) groups excluding carboxylic acids is 2. The molecule has 0 radical (unpaired) electrons. The molecule has 8 heteroatoms. The van der Waals surface area contributed by atoms with E-state index in [4.69, 9.17) is 32.7 Å². The zero-order valence-corrected chi connectivity index (χ0v) is 15.5. The summed E-state index contributed by atoms with van der Waals surface area (Å²) >= 11 is 11.4. The molecule has 0 aliphatic rings. The summed E-state index contributed by atoms with van der Waals surface area (Å²) in [5.74, 6) is -1.63. The first kappa shape index (κ1) is 20.0. The lowest BCUT2D eigenvalue weighted by Gasteiger charge is -2.17. The first-order valence-corrected chi connectivity index (χ1v) is 8.33. The van der Waals surface area contributed by atoms with Gasteiger partial charge in [0.15, 0.2) is 6.61 Å². The second kappa shape index (κ2) is 8.87. The van der Waals surface area contributed by atoms with E-state index >= 15 is 0 Å². The van der Waals surface area contributed by atoms with Crippen LogP contribution >= 0.6 is 23.2 Å². The monoisotopic (exact) mass is 399 g/mol. The number of hydrogen-bond acceptors (Lipinski definition) is 4. The summed E-state index contributed by atoms with van der Waals surface area (Å²) in [4.78, 5) is 24.0. The van der Waals surface area contributed by atoms with Crippen LogP contribution in [0.1, 0.15) is 28.9 Å². The molecule has 0 fully saturated rings. The summed E-state index contributed by atoms with van der Waals surface area (Å²) in [6.45, 7) is 1.22. The van der Waals surface area contributed by atoms with E-state index in [0.717, 1.165) is 17.7 Å². The minimum absolute atomic E-state index is 0.0656. The van der Waals surface area contributed by atoms with Gasteiger partial charge in [-0.2, -0.15) is 0 Å². The maximum Gasteiger partial charge on any atom is 0.340 e. The van der Waals surface area contributed by atoms with Crippen LogP contribution < -0.4 is 10.1 Å². The summed E-state index contributed by atoms with van der Waals surface area (Å²) in [5.41, 5.74) is 0.566. The van der Waals surface area contributed by atoms with Crippen molar-refractivity contribution < 1.29 is 23.5 Å². The van der Waals surface area contributed by atoms with Gasteiger partial charge in [0.1, 0.15) is 11.6 Å². The second-order valence-corrected chi connectivity index (χ2v) is 6.17. The van der Waals surface area contributed by atoms with Gasteiger partial charge in [-0.15, -0.1) is 0 Å². The van der Waals surface area contributed by atoms with Crippen LogP contribution in [0.3, 0.4) is 0 Å². The van der Waals surface area contributed by atoms with Gasteiger partial charge < -0.3 is 14.8 Å². The Kier molecular flexibility index (Phi) is 6.83. The van der Waals surface area contributed by atoms with Gasteiger partial charge in [0.2, 0.25) is 0 Å². The largest absolute Gasteiger partial charge is 0.496 e. The van der Waals surface area contributed by atoms with E-state index < -0.39 is 24.3 Å². The summed E-state index contributed by atoms with van der Waals surface area (Å²) in [7, 11) is 1.53. The zero-order valence-electron chi connectivity index (χ0n) is 14.0. The third-order valence-corrected chi connectivity index (χ3v) is 4.15. The summed E-state index contributed by atoms with van der Waals surface area (Å²) in [5, 5.41) is 2.41. The van der Waals surface area contributed by atoms with Crippen LogP contribution in [-0.4, -0.2) is 25.6 Å². The minimum atomic E-state index is -0.925. The number of benzene rings is 2. The topological polar surface area (TPSA) is 64.6 Å². The van der Waals surface area contributed by atoms with Crippen molar-refractivity contribution >= 4 is 35.1 Å². The molecule has 2 rings (SSSR count). The number of halogens is 3. The van der Waals surface area contributed by atoms with Gasteiger partial charge in [0, 0.05) is 5.56 Å². The lowest BCUT2D eigenvalue weighted by Crippen LogP contribution is -2.31. The van der Waals surface area contributed by atoms with Crippen molar-refractivity contribution in [2.24, 2.45) is 0 Å². The first-order valence-electron chi connectivity index (χ1n) is 7.57. The Labute approximate surface area is 160 Å². The maximum absolute atomic E-state index is 13.5. The molecule has 1 atom stereocenters. The third kappa shape index (κ3) is 4.86. The molecule has 2 aromatic carbocycles. The van der Waals surface area contributed by atoms with Crippen LogP contribution in [0.15, 0.2) is 36.4 Å². The number of esters is 1. The third-order valence-electron chi connectivity index (χ3n) is 3.55. The van der Waals surface area contributed by atoms with E-state index in [2.05, 4.69) is 5.32 Å². The highest BCUT2D eigenvalue weighted by molar-refractivity contribution is 6.36. The number of ether oxygens (including phenoxy) is 2. The fourth-order valence-electron chi connectivity index (χ4n) is 2.27. The smallest absolute Gasteiger partial charge is 0.340 e. The Balaban J connectivity index is 1.96. The van der Waals surface area contributed by atoms with Gasteiger partial charge in [-0.3, -0.25) is 4.79 Å². The molecule has 5 nitrogen and oxygen atoms in total. The minimum Gasteiger partial charge on any atom is -0.496 e. The number of carbonyl (C=O) groups is 2. The molecular weight excluding hydrogens is 384 g/mol. The van der Waals surface area contributed by atoms with Crippen LogP contribution in [0.4, 0.5) is 4.39 Å². The van der Waals surface area contributed by atoms with E-state index in [1.807, 2.05) is 18.2 Å². The fraction of sp³-hybridized carbons (Fsp3) is 0.222. The van der Waals surface area contributed by atoms with Crippen molar-refractivity contribution in [3.8, 4) is 5.75 Å². The number of nitrogens with one attached hydrogen (secondary N) is 1. The maximum atomic E-state index is 13.5. The fourth-order valence-corrected chi connectivity index (χ4v) is 2.73. The number of hydrogen-bond donors (Lipinski definition) is 1. The molecule has 0 spiro atoms. The highest BCUT2D eigenvalue weighted by atomic mass is 35.5. The average Bonchev–Trinajstić information content (AvgIpc) is 2.62. The first-order chi connectivity index (χ1) is 12.3. The SMILES string of the molecule is COc1ccccc1C(C)NC(=O)COC(=O)c1cc(F)c(Cl)cc1Cl. The second-order valence-electron chi connectivity index (χ2n) is 5.35. The Morgan fingerprint density at radius 3 is 2.58 bits per heavy atom. The highest BCUT2D eigenvalue weighted by Crippen LogP contribution is 2.25. The molecule has 1 N–H and O–H groups in total. The van der Waals surface area contributed by atoms with Gasteiger partial charge in [-0.1, -0.05) is 41.4 Å². The van der Waals surface area contributed by atoms with Crippen molar-refractivity contribution in [3.05, 3.63) is 63.4 Å². The summed E-state index contributed by atoms with van der Waals surface area (Å²) in [6.07, 6.45) is 0. The van der Waals surface area contributed by atoms with E-state index in [9.17, 15) is 14.0 Å². The molecule has 0 aliphatic heterocycles. The summed E-state index contributed by atoms with van der Waals surface area (Å²) < 4.78 is 23.6. The molecule has 0 bridgehead atoms. The highest BCUT2D eigenvalue weighted by Gasteiger charge is 2.18. The van der Waals surface area contributed by atoms with Crippen molar-refractivity contribution in [3.63, 3.8) is 0 Å². The molecule has 0 saturated heterocycles. The van der Waals surface area contributed by atoms with E-state index in [1.54, 1.807) is 13.0 Å². The van der Waals surface area contributed by atoms with Gasteiger partial charge >= 0.3 is 5.97 Å². The van der Waals surface area contributed by atoms with Crippen molar-refractivity contribution in [2.45, 2.75) is 13.0 Å². The van der Waals surface area contributed by atoms with Crippen LogP contribution in [0, 0.1) is 5.82 Å². The lowest BCUT2D eigenvalue weighted by molar-refractivity contribution is -0.124. The van der Waals surface area contributed by atoms with Crippen molar-refractivity contribution in [1.82, 2.24) is 5.32 Å². The molecule has 138 valence electrons. The van der Waals surface area contributed by atoms with E-state index in [1.165, 1.54) is 7.11 Å². The molecule has 0 aliphatic carbocycles. The Bertz CT molecular complexity index is 829. The number of methoxy groups -OCH3 is 1. The summed E-state index contributed by atoms with van der Waals surface area (Å²) in [6, 6.07) is 8.81. The molecule has 0 heterocycles. The average molecular weight is 400 g/mol.